The Balaban J connectivity index is 1.53. The van der Waals surface area contributed by atoms with E-state index in [1.54, 1.807) is 18.5 Å². The van der Waals surface area contributed by atoms with Crippen LogP contribution in [0.15, 0.2) is 54.9 Å². The number of aryl methyl sites for hydroxylation is 1. The van der Waals surface area contributed by atoms with Gasteiger partial charge in [-0.05, 0) is 55.2 Å². The molecular formula is C22H23N5O. The number of likely N-dealkylation sites (N-methyl/N-ethyl adjacent to an activating group) is 1. The van der Waals surface area contributed by atoms with E-state index in [9.17, 15) is 4.79 Å². The maximum Gasteiger partial charge on any atom is 0.277 e. The van der Waals surface area contributed by atoms with E-state index >= 15 is 0 Å². The summed E-state index contributed by atoms with van der Waals surface area (Å²) < 4.78 is 0. The summed E-state index contributed by atoms with van der Waals surface area (Å²) in [7, 11) is 1.95. The molecule has 0 spiro atoms. The largest absolute Gasteiger partial charge is 0.344 e. The summed E-state index contributed by atoms with van der Waals surface area (Å²) in [6, 6.07) is 13.8. The number of hydrogen-bond acceptors (Lipinski definition) is 5. The van der Waals surface area contributed by atoms with E-state index in [1.807, 2.05) is 54.1 Å². The molecular weight excluding hydrogens is 350 g/mol. The number of anilines is 2. The number of pyridine rings is 1. The molecule has 0 radical (unpaired) electrons. The molecule has 6 nitrogen and oxygen atoms in total. The van der Waals surface area contributed by atoms with Crippen LogP contribution in [0, 0.1) is 6.92 Å². The maximum atomic E-state index is 13.1. The number of fused-ring (bicyclic) bond motifs is 1. The quantitative estimate of drug-likeness (QED) is 0.688. The second-order valence-corrected chi connectivity index (χ2v) is 7.06. The third kappa shape index (κ3) is 3.71. The van der Waals surface area contributed by atoms with Gasteiger partial charge in [0.25, 0.3) is 5.91 Å². The number of aromatic nitrogens is 3. The monoisotopic (exact) mass is 373 g/mol. The molecule has 1 aliphatic heterocycles. The average molecular weight is 373 g/mol. The third-order valence-electron chi connectivity index (χ3n) is 5.02. The molecule has 1 amide bonds. The second-order valence-electron chi connectivity index (χ2n) is 7.06. The van der Waals surface area contributed by atoms with Crippen molar-refractivity contribution < 1.29 is 4.79 Å². The van der Waals surface area contributed by atoms with E-state index in [1.165, 1.54) is 11.1 Å². The van der Waals surface area contributed by atoms with Crippen molar-refractivity contribution in [1.29, 1.82) is 0 Å². The smallest absolute Gasteiger partial charge is 0.277 e. The Hall–Kier alpha value is -3.28. The van der Waals surface area contributed by atoms with Gasteiger partial charge in [-0.1, -0.05) is 18.2 Å². The molecule has 142 valence electrons. The van der Waals surface area contributed by atoms with Crippen molar-refractivity contribution in [2.45, 2.75) is 19.8 Å². The molecule has 0 atom stereocenters. The van der Waals surface area contributed by atoms with Crippen molar-refractivity contribution in [1.82, 2.24) is 15.0 Å². The van der Waals surface area contributed by atoms with Crippen molar-refractivity contribution in [2.24, 2.45) is 0 Å². The molecule has 3 heterocycles. The molecule has 0 aliphatic carbocycles. The minimum Gasteiger partial charge on any atom is -0.344 e. The molecule has 0 saturated carbocycles. The van der Waals surface area contributed by atoms with Crippen molar-refractivity contribution in [3.8, 4) is 0 Å². The van der Waals surface area contributed by atoms with E-state index in [-0.39, 0.29) is 5.91 Å². The lowest BCUT2D eigenvalue weighted by molar-refractivity contribution is 0.0984. The molecule has 0 saturated heterocycles. The number of carbonyl (C=O) groups is 1. The summed E-state index contributed by atoms with van der Waals surface area (Å²) in [5.41, 5.74) is 4.62. The molecule has 3 aromatic rings. The molecule has 6 heteroatoms. The lowest BCUT2D eigenvalue weighted by Crippen LogP contribution is -2.31. The van der Waals surface area contributed by atoms with E-state index in [0.29, 0.717) is 18.2 Å². The molecule has 0 unspecified atom stereocenters. The number of hydrogen-bond donors (Lipinski definition) is 0. The third-order valence-corrected chi connectivity index (χ3v) is 5.02. The first-order valence-corrected chi connectivity index (χ1v) is 9.47. The zero-order valence-electron chi connectivity index (χ0n) is 16.2. The van der Waals surface area contributed by atoms with Crippen molar-refractivity contribution in [3.63, 3.8) is 0 Å². The van der Waals surface area contributed by atoms with Crippen LogP contribution in [-0.4, -0.2) is 41.0 Å². The second kappa shape index (κ2) is 7.76. The highest BCUT2D eigenvalue weighted by Crippen LogP contribution is 2.28. The van der Waals surface area contributed by atoms with Crippen molar-refractivity contribution >= 4 is 17.5 Å². The predicted molar refractivity (Wildman–Crippen MR) is 110 cm³/mol. The lowest BCUT2D eigenvalue weighted by Gasteiger charge is -2.20. The van der Waals surface area contributed by atoms with E-state index < -0.39 is 0 Å². The molecule has 4 rings (SSSR count). The number of rotatable bonds is 5. The van der Waals surface area contributed by atoms with Crippen LogP contribution < -0.4 is 9.80 Å². The van der Waals surface area contributed by atoms with Gasteiger partial charge in [0.05, 0.1) is 0 Å². The first-order chi connectivity index (χ1) is 13.6. The molecule has 0 fully saturated rings. The zero-order valence-corrected chi connectivity index (χ0v) is 16.2. The van der Waals surface area contributed by atoms with Gasteiger partial charge in [-0.2, -0.15) is 0 Å². The highest BCUT2D eigenvalue weighted by atomic mass is 16.2. The number of benzene rings is 1. The van der Waals surface area contributed by atoms with Crippen LogP contribution in [0.1, 0.15) is 27.3 Å². The highest BCUT2D eigenvalue weighted by molar-refractivity contribution is 6.06. The Morgan fingerprint density at radius 2 is 1.93 bits per heavy atom. The fraction of sp³-hybridized carbons (Fsp3) is 0.273. The van der Waals surface area contributed by atoms with Gasteiger partial charge in [-0.3, -0.25) is 9.78 Å². The SMILES string of the molecule is Cc1cc(C(=O)N2CCc3ccccc32)nc(N(C)CCc2ccncc2)n1. The van der Waals surface area contributed by atoms with Crippen LogP contribution in [0.2, 0.25) is 0 Å². The summed E-state index contributed by atoms with van der Waals surface area (Å²) in [4.78, 5) is 30.1. The summed E-state index contributed by atoms with van der Waals surface area (Å²) in [5, 5.41) is 0. The van der Waals surface area contributed by atoms with Gasteiger partial charge in [0.15, 0.2) is 0 Å². The minimum atomic E-state index is -0.0702. The van der Waals surface area contributed by atoms with Crippen molar-refractivity contribution in [2.75, 3.05) is 29.9 Å². The average Bonchev–Trinajstić information content (AvgIpc) is 3.16. The molecule has 0 N–H and O–H groups in total. The fourth-order valence-corrected chi connectivity index (χ4v) is 3.47. The topological polar surface area (TPSA) is 62.2 Å². The summed E-state index contributed by atoms with van der Waals surface area (Å²) in [5.74, 6) is 0.504. The number of nitrogens with zero attached hydrogens (tertiary/aromatic N) is 5. The summed E-state index contributed by atoms with van der Waals surface area (Å²) in [6.45, 7) is 3.35. The van der Waals surface area contributed by atoms with Gasteiger partial charge in [0, 0.05) is 43.9 Å². The van der Waals surface area contributed by atoms with Crippen LogP contribution in [0.4, 0.5) is 11.6 Å². The summed E-state index contributed by atoms with van der Waals surface area (Å²) >= 11 is 0. The number of carbonyl (C=O) groups excluding carboxylic acids is 1. The van der Waals surface area contributed by atoms with E-state index in [4.69, 9.17) is 0 Å². The van der Waals surface area contributed by atoms with Gasteiger partial charge >= 0.3 is 0 Å². The predicted octanol–water partition coefficient (Wildman–Crippen LogP) is 3.06. The van der Waals surface area contributed by atoms with Crippen LogP contribution in [0.3, 0.4) is 0 Å². The number of amides is 1. The summed E-state index contributed by atoms with van der Waals surface area (Å²) in [6.07, 6.45) is 5.33. The minimum absolute atomic E-state index is 0.0702. The van der Waals surface area contributed by atoms with E-state index in [2.05, 4.69) is 21.0 Å². The Morgan fingerprint density at radius 3 is 2.75 bits per heavy atom. The highest BCUT2D eigenvalue weighted by Gasteiger charge is 2.26. The zero-order chi connectivity index (χ0) is 19.5. The Kier molecular flexibility index (Phi) is 5.02. The molecule has 28 heavy (non-hydrogen) atoms. The Morgan fingerprint density at radius 1 is 1.14 bits per heavy atom. The molecule has 0 bridgehead atoms. The van der Waals surface area contributed by atoms with Gasteiger partial charge in [0.1, 0.15) is 5.69 Å². The van der Waals surface area contributed by atoms with Gasteiger partial charge in [-0.25, -0.2) is 9.97 Å². The molecule has 2 aromatic heterocycles. The molecule has 1 aromatic carbocycles. The van der Waals surface area contributed by atoms with Crippen LogP contribution in [0.25, 0.3) is 0 Å². The standard InChI is InChI=1S/C22H23N5O/c1-16-15-19(21(28)27-14-10-18-5-3-4-6-20(18)27)25-22(24-16)26(2)13-9-17-7-11-23-12-8-17/h3-8,11-12,15H,9-10,13-14H2,1-2H3. The molecule has 1 aliphatic rings. The fourth-order valence-electron chi connectivity index (χ4n) is 3.47. The Labute approximate surface area is 164 Å². The van der Waals surface area contributed by atoms with Gasteiger partial charge in [-0.15, -0.1) is 0 Å². The number of para-hydroxylation sites is 1. The van der Waals surface area contributed by atoms with Gasteiger partial charge < -0.3 is 9.80 Å². The normalized spacial score (nSPS) is 12.7. The first-order valence-electron chi connectivity index (χ1n) is 9.47. The van der Waals surface area contributed by atoms with E-state index in [0.717, 1.165) is 30.8 Å². The van der Waals surface area contributed by atoms with Crippen LogP contribution >= 0.6 is 0 Å². The lowest BCUT2D eigenvalue weighted by atomic mass is 10.2. The first kappa shape index (κ1) is 18.1. The van der Waals surface area contributed by atoms with Crippen LogP contribution in [-0.2, 0) is 12.8 Å². The Bertz CT molecular complexity index is 989. The maximum absolute atomic E-state index is 13.1. The van der Waals surface area contributed by atoms with Crippen LogP contribution in [0.5, 0.6) is 0 Å². The van der Waals surface area contributed by atoms with Gasteiger partial charge in [0.2, 0.25) is 5.95 Å². The van der Waals surface area contributed by atoms with Crippen molar-refractivity contribution in [3.05, 3.63) is 77.4 Å².